The summed E-state index contributed by atoms with van der Waals surface area (Å²) < 4.78 is 0. The molecule has 0 fully saturated rings. The Morgan fingerprint density at radius 1 is 1.30 bits per heavy atom. The molecule has 0 saturated heterocycles. The highest BCUT2D eigenvalue weighted by Crippen LogP contribution is 2.16. The summed E-state index contributed by atoms with van der Waals surface area (Å²) in [5, 5.41) is 10.1. The van der Waals surface area contributed by atoms with E-state index in [2.05, 4.69) is 20.5 Å². The van der Waals surface area contributed by atoms with Gasteiger partial charge in [-0.1, -0.05) is 24.3 Å². The number of aromatic amines is 1. The Morgan fingerprint density at radius 3 is 2.95 bits per heavy atom. The van der Waals surface area contributed by atoms with Crippen LogP contribution in [0.3, 0.4) is 0 Å². The predicted molar refractivity (Wildman–Crippen MR) is 75.9 cm³/mol. The Hall–Kier alpha value is -2.89. The quantitative estimate of drug-likeness (QED) is 0.669. The Balaban J connectivity index is 1.81. The molecule has 6 nitrogen and oxygen atoms in total. The molecule has 4 N–H and O–H groups in total. The molecule has 6 heteroatoms. The van der Waals surface area contributed by atoms with Crippen molar-refractivity contribution in [2.45, 2.75) is 6.54 Å². The Bertz CT molecular complexity index is 760. The Morgan fingerprint density at radius 2 is 2.15 bits per heavy atom. The number of hydrogen-bond donors (Lipinski definition) is 3. The van der Waals surface area contributed by atoms with Crippen LogP contribution in [0, 0.1) is 0 Å². The molecule has 0 saturated carbocycles. The van der Waals surface area contributed by atoms with Gasteiger partial charge in [-0.25, -0.2) is 0 Å². The average molecular weight is 267 g/mol. The molecule has 0 radical (unpaired) electrons. The highest BCUT2D eigenvalue weighted by Gasteiger charge is 2.11. The molecule has 0 atom stereocenters. The second-order valence-corrected chi connectivity index (χ2v) is 4.37. The van der Waals surface area contributed by atoms with Gasteiger partial charge in [0.05, 0.1) is 11.7 Å². The van der Waals surface area contributed by atoms with Crippen LogP contribution in [0.25, 0.3) is 10.9 Å². The number of aromatic nitrogens is 3. The summed E-state index contributed by atoms with van der Waals surface area (Å²) in [5.74, 6) is 0.00253. The maximum Gasteiger partial charge on any atom is 0.256 e. The van der Waals surface area contributed by atoms with Crippen LogP contribution >= 0.6 is 0 Å². The molecule has 0 unspecified atom stereocenters. The maximum atomic E-state index is 12.0. The minimum absolute atomic E-state index is 0.260. The molecule has 1 amide bonds. The smallest absolute Gasteiger partial charge is 0.256 e. The summed E-state index contributed by atoms with van der Waals surface area (Å²) >= 11 is 0. The number of hydrogen-bond acceptors (Lipinski definition) is 4. The SMILES string of the molecule is Nc1[nH]ncc1C(=O)NCc1cccc2cccnc12. The number of fused-ring (bicyclic) bond motifs is 1. The maximum absolute atomic E-state index is 12.0. The van der Waals surface area contributed by atoms with Gasteiger partial charge in [0.15, 0.2) is 0 Å². The average Bonchev–Trinajstić information content (AvgIpc) is 2.91. The van der Waals surface area contributed by atoms with Crippen LogP contribution in [0.5, 0.6) is 0 Å². The number of pyridine rings is 1. The van der Waals surface area contributed by atoms with E-state index in [1.54, 1.807) is 6.20 Å². The molecule has 0 aliphatic carbocycles. The molecule has 2 aromatic heterocycles. The highest BCUT2D eigenvalue weighted by atomic mass is 16.1. The van der Waals surface area contributed by atoms with Crippen molar-refractivity contribution < 1.29 is 4.79 Å². The fourth-order valence-corrected chi connectivity index (χ4v) is 2.06. The Kier molecular flexibility index (Phi) is 3.04. The lowest BCUT2D eigenvalue weighted by Crippen LogP contribution is -2.23. The van der Waals surface area contributed by atoms with Gasteiger partial charge in [0.1, 0.15) is 11.4 Å². The van der Waals surface area contributed by atoms with E-state index in [0.29, 0.717) is 12.1 Å². The van der Waals surface area contributed by atoms with Crippen LogP contribution in [-0.2, 0) is 6.54 Å². The number of nitrogens with one attached hydrogen (secondary N) is 2. The van der Waals surface area contributed by atoms with Crippen LogP contribution in [0.2, 0.25) is 0 Å². The number of benzene rings is 1. The number of carbonyl (C=O) groups excluding carboxylic acids is 1. The molecular formula is C14H13N5O. The highest BCUT2D eigenvalue weighted by molar-refractivity contribution is 5.98. The number of nitrogens with two attached hydrogens (primary N) is 1. The number of amides is 1. The third-order valence-electron chi connectivity index (χ3n) is 3.07. The van der Waals surface area contributed by atoms with Crippen LogP contribution in [0.4, 0.5) is 5.82 Å². The lowest BCUT2D eigenvalue weighted by atomic mass is 10.1. The Labute approximate surface area is 115 Å². The van der Waals surface area contributed by atoms with Crippen molar-refractivity contribution in [1.29, 1.82) is 0 Å². The van der Waals surface area contributed by atoms with Crippen molar-refractivity contribution in [2.75, 3.05) is 5.73 Å². The third kappa shape index (κ3) is 2.18. The van der Waals surface area contributed by atoms with Crippen molar-refractivity contribution in [2.24, 2.45) is 0 Å². The van der Waals surface area contributed by atoms with Crippen molar-refractivity contribution >= 4 is 22.6 Å². The van der Waals surface area contributed by atoms with Crippen molar-refractivity contribution in [3.63, 3.8) is 0 Å². The van der Waals surface area contributed by atoms with Crippen LogP contribution in [-0.4, -0.2) is 21.1 Å². The van der Waals surface area contributed by atoms with Gasteiger partial charge < -0.3 is 11.1 Å². The van der Waals surface area contributed by atoms with Crippen molar-refractivity contribution in [3.8, 4) is 0 Å². The van der Waals surface area contributed by atoms with Crippen LogP contribution in [0.15, 0.2) is 42.7 Å². The molecule has 0 aliphatic rings. The van der Waals surface area contributed by atoms with Gasteiger partial charge in [0, 0.05) is 18.1 Å². The second-order valence-electron chi connectivity index (χ2n) is 4.37. The summed E-state index contributed by atoms with van der Waals surface area (Å²) in [6.45, 7) is 0.387. The minimum Gasteiger partial charge on any atom is -0.383 e. The number of nitrogen functional groups attached to an aromatic ring is 1. The molecule has 1 aromatic carbocycles. The van der Waals surface area contributed by atoms with Gasteiger partial charge in [-0.05, 0) is 11.6 Å². The lowest BCUT2D eigenvalue weighted by molar-refractivity contribution is 0.0952. The monoisotopic (exact) mass is 267 g/mol. The van der Waals surface area contributed by atoms with Gasteiger partial charge in [0.2, 0.25) is 0 Å². The van der Waals surface area contributed by atoms with E-state index in [9.17, 15) is 4.79 Å². The summed E-state index contributed by atoms with van der Waals surface area (Å²) in [5.41, 5.74) is 7.80. The summed E-state index contributed by atoms with van der Waals surface area (Å²) in [7, 11) is 0. The minimum atomic E-state index is -0.260. The van der Waals surface area contributed by atoms with E-state index in [0.717, 1.165) is 16.5 Å². The van der Waals surface area contributed by atoms with E-state index in [1.807, 2.05) is 30.3 Å². The first-order valence-electron chi connectivity index (χ1n) is 6.15. The molecular weight excluding hydrogens is 254 g/mol. The van der Waals surface area contributed by atoms with E-state index in [1.165, 1.54) is 6.20 Å². The molecule has 100 valence electrons. The predicted octanol–water partition coefficient (Wildman–Crippen LogP) is 1.47. The number of carbonyl (C=O) groups is 1. The van der Waals surface area contributed by atoms with Crippen LogP contribution < -0.4 is 11.1 Å². The normalized spacial score (nSPS) is 10.6. The molecule has 3 rings (SSSR count). The van der Waals surface area contributed by atoms with Gasteiger partial charge in [-0.3, -0.25) is 14.9 Å². The third-order valence-corrected chi connectivity index (χ3v) is 3.07. The fraction of sp³-hybridized carbons (Fsp3) is 0.0714. The van der Waals surface area contributed by atoms with E-state index >= 15 is 0 Å². The molecule has 2 heterocycles. The topological polar surface area (TPSA) is 96.7 Å². The van der Waals surface area contributed by atoms with Crippen molar-refractivity contribution in [1.82, 2.24) is 20.5 Å². The van der Waals surface area contributed by atoms with Gasteiger partial charge >= 0.3 is 0 Å². The van der Waals surface area contributed by atoms with E-state index in [-0.39, 0.29) is 11.7 Å². The van der Waals surface area contributed by atoms with E-state index in [4.69, 9.17) is 5.73 Å². The zero-order valence-corrected chi connectivity index (χ0v) is 10.6. The summed E-state index contributed by atoms with van der Waals surface area (Å²) in [6, 6.07) is 9.74. The van der Waals surface area contributed by atoms with Crippen molar-refractivity contribution in [3.05, 3.63) is 53.9 Å². The number of para-hydroxylation sites is 1. The molecule has 0 spiro atoms. The molecule has 0 bridgehead atoms. The first-order chi connectivity index (χ1) is 9.75. The van der Waals surface area contributed by atoms with Gasteiger partial charge in [-0.2, -0.15) is 5.10 Å². The number of H-pyrrole nitrogens is 1. The summed E-state index contributed by atoms with van der Waals surface area (Å²) in [6.07, 6.45) is 3.15. The lowest BCUT2D eigenvalue weighted by Gasteiger charge is -2.07. The first kappa shape index (κ1) is 12.2. The molecule has 20 heavy (non-hydrogen) atoms. The van der Waals surface area contributed by atoms with Crippen LogP contribution in [0.1, 0.15) is 15.9 Å². The van der Waals surface area contributed by atoms with Gasteiger partial charge in [0.25, 0.3) is 5.91 Å². The summed E-state index contributed by atoms with van der Waals surface area (Å²) in [4.78, 5) is 16.3. The number of rotatable bonds is 3. The first-order valence-corrected chi connectivity index (χ1v) is 6.15. The zero-order valence-electron chi connectivity index (χ0n) is 10.6. The fourth-order valence-electron chi connectivity index (χ4n) is 2.06. The second kappa shape index (κ2) is 5.00. The number of nitrogens with zero attached hydrogens (tertiary/aromatic N) is 2. The zero-order chi connectivity index (χ0) is 13.9. The van der Waals surface area contributed by atoms with E-state index < -0.39 is 0 Å². The largest absolute Gasteiger partial charge is 0.383 e. The molecule has 0 aliphatic heterocycles. The standard InChI is InChI=1S/C14H13N5O/c15-13-11(8-18-19-13)14(20)17-7-10-4-1-3-9-5-2-6-16-12(9)10/h1-6,8H,7H2,(H,17,20)(H3,15,18,19). The van der Waals surface area contributed by atoms with Gasteiger partial charge in [-0.15, -0.1) is 0 Å². The number of anilines is 1. The molecule has 3 aromatic rings.